The number of amides is 3. The number of anilines is 2. The van der Waals surface area contributed by atoms with Crippen LogP contribution < -0.4 is 16.0 Å². The first-order valence-electron chi connectivity index (χ1n) is 12.5. The molecule has 0 unspecified atom stereocenters. The third-order valence-electron chi connectivity index (χ3n) is 7.46. The number of pyridine rings is 1. The highest BCUT2D eigenvalue weighted by atomic mass is 16.3. The fourth-order valence-electron chi connectivity index (χ4n) is 5.52. The van der Waals surface area contributed by atoms with Gasteiger partial charge in [-0.3, -0.25) is 19.3 Å². The molecule has 3 amide bonds. The second-order valence-corrected chi connectivity index (χ2v) is 10.9. The molecule has 2 aliphatic carbocycles. The third-order valence-corrected chi connectivity index (χ3v) is 7.46. The molecule has 192 valence electrons. The molecular weight excluding hydrogens is 474 g/mol. The molecular formula is C26H29N7O4. The zero-order valence-electron chi connectivity index (χ0n) is 20.8. The lowest BCUT2D eigenvalue weighted by Gasteiger charge is -2.30. The molecule has 3 aromatic rings. The number of aromatic nitrogens is 4. The van der Waals surface area contributed by atoms with Crippen molar-refractivity contribution in [2.24, 2.45) is 17.1 Å². The number of hydrogen-bond donors (Lipinski definition) is 3. The minimum atomic E-state index is -0.736. The molecule has 11 nitrogen and oxygen atoms in total. The van der Waals surface area contributed by atoms with Gasteiger partial charge in [0, 0.05) is 42.7 Å². The summed E-state index contributed by atoms with van der Waals surface area (Å²) in [6.07, 6.45) is 6.42. The Balaban J connectivity index is 1.35. The number of nitrogens with two attached hydrogens (primary N) is 1. The first-order chi connectivity index (χ1) is 17.7. The molecule has 1 saturated carbocycles. The Hall–Kier alpha value is -3.99. The van der Waals surface area contributed by atoms with Crippen molar-refractivity contribution in [1.82, 2.24) is 19.3 Å². The van der Waals surface area contributed by atoms with Gasteiger partial charge >= 0.3 is 0 Å². The molecule has 0 aromatic carbocycles. The topological polar surface area (TPSA) is 148 Å². The molecule has 37 heavy (non-hydrogen) atoms. The van der Waals surface area contributed by atoms with E-state index in [-0.39, 0.29) is 34.5 Å². The average molecular weight is 504 g/mol. The Kier molecular flexibility index (Phi) is 5.23. The molecule has 1 fully saturated rings. The monoisotopic (exact) mass is 503 g/mol. The van der Waals surface area contributed by atoms with Crippen molar-refractivity contribution in [3.05, 3.63) is 52.6 Å². The van der Waals surface area contributed by atoms with Crippen LogP contribution >= 0.6 is 0 Å². The van der Waals surface area contributed by atoms with Crippen LogP contribution in [0.5, 0.6) is 0 Å². The van der Waals surface area contributed by atoms with E-state index < -0.39 is 12.5 Å². The number of hydrogen-bond acceptors (Lipinski definition) is 6. The molecule has 0 atom stereocenters. The van der Waals surface area contributed by atoms with Gasteiger partial charge in [0.25, 0.3) is 11.8 Å². The van der Waals surface area contributed by atoms with Gasteiger partial charge in [0.1, 0.15) is 17.1 Å². The molecule has 4 N–H and O–H groups in total. The van der Waals surface area contributed by atoms with Gasteiger partial charge < -0.3 is 20.7 Å². The zero-order chi connectivity index (χ0) is 26.1. The molecule has 3 aromatic heterocycles. The van der Waals surface area contributed by atoms with Crippen molar-refractivity contribution in [3.8, 4) is 5.69 Å². The van der Waals surface area contributed by atoms with Crippen molar-refractivity contribution >= 4 is 29.4 Å². The number of carbonyl (C=O) groups is 3. The summed E-state index contributed by atoms with van der Waals surface area (Å²) in [7, 11) is 0. The van der Waals surface area contributed by atoms with Gasteiger partial charge in [0.2, 0.25) is 5.91 Å². The van der Waals surface area contributed by atoms with Crippen LogP contribution in [0.25, 0.3) is 5.69 Å². The second kappa shape index (κ2) is 8.27. The second-order valence-electron chi connectivity index (χ2n) is 10.9. The highest BCUT2D eigenvalue weighted by molar-refractivity contribution is 6.06. The van der Waals surface area contributed by atoms with Crippen molar-refractivity contribution in [1.29, 1.82) is 0 Å². The molecule has 0 spiro atoms. The Bertz CT molecular complexity index is 1460. The van der Waals surface area contributed by atoms with Crippen LogP contribution in [0.1, 0.15) is 64.4 Å². The third kappa shape index (κ3) is 3.90. The number of rotatable bonds is 6. The molecule has 0 saturated heterocycles. The van der Waals surface area contributed by atoms with Gasteiger partial charge in [0.05, 0.1) is 12.3 Å². The number of primary amides is 1. The van der Waals surface area contributed by atoms with Crippen molar-refractivity contribution in [2.75, 3.05) is 16.8 Å². The van der Waals surface area contributed by atoms with Crippen molar-refractivity contribution < 1.29 is 19.5 Å². The lowest BCUT2D eigenvalue weighted by Crippen LogP contribution is -2.41. The summed E-state index contributed by atoms with van der Waals surface area (Å²) < 4.78 is 3.50. The molecule has 0 bridgehead atoms. The van der Waals surface area contributed by atoms with Gasteiger partial charge in [-0.1, -0.05) is 13.8 Å². The van der Waals surface area contributed by atoms with E-state index in [2.05, 4.69) is 33.8 Å². The minimum Gasteiger partial charge on any atom is -0.391 e. The van der Waals surface area contributed by atoms with E-state index >= 15 is 0 Å². The highest BCUT2D eigenvalue weighted by Gasteiger charge is 2.38. The largest absolute Gasteiger partial charge is 0.391 e. The maximum absolute atomic E-state index is 13.6. The molecule has 0 radical (unpaired) electrons. The highest BCUT2D eigenvalue weighted by Crippen LogP contribution is 2.40. The number of carbonyl (C=O) groups excluding carboxylic acids is 3. The summed E-state index contributed by atoms with van der Waals surface area (Å²) in [6, 6.07) is 3.62. The van der Waals surface area contributed by atoms with Gasteiger partial charge in [-0.15, -0.1) is 5.10 Å². The van der Waals surface area contributed by atoms with Gasteiger partial charge in [-0.05, 0) is 48.8 Å². The maximum atomic E-state index is 13.6. The van der Waals surface area contributed by atoms with E-state index in [4.69, 9.17) is 5.73 Å². The Morgan fingerprint density at radius 3 is 2.73 bits per heavy atom. The molecule has 3 aliphatic rings. The fourth-order valence-corrected chi connectivity index (χ4v) is 5.52. The number of fused-ring (bicyclic) bond motifs is 3. The predicted molar refractivity (Wildman–Crippen MR) is 134 cm³/mol. The van der Waals surface area contributed by atoms with Crippen molar-refractivity contribution in [3.63, 3.8) is 0 Å². The summed E-state index contributed by atoms with van der Waals surface area (Å²) in [5, 5.41) is 17.4. The summed E-state index contributed by atoms with van der Waals surface area (Å²) in [5.74, 6) is -0.798. The van der Waals surface area contributed by atoms with E-state index in [1.54, 1.807) is 11.0 Å². The van der Waals surface area contributed by atoms with Crippen LogP contribution in [-0.2, 0) is 30.8 Å². The van der Waals surface area contributed by atoms with Crippen LogP contribution in [0.3, 0.4) is 0 Å². The molecule has 1 aliphatic heterocycles. The van der Waals surface area contributed by atoms with E-state index in [1.807, 2.05) is 6.07 Å². The number of nitrogens with zero attached hydrogens (tertiary/aromatic N) is 5. The van der Waals surface area contributed by atoms with E-state index in [9.17, 15) is 19.5 Å². The van der Waals surface area contributed by atoms with Crippen LogP contribution in [0, 0.1) is 11.3 Å². The Morgan fingerprint density at radius 1 is 1.24 bits per heavy atom. The Labute approximate surface area is 213 Å². The van der Waals surface area contributed by atoms with Gasteiger partial charge in [0.15, 0.2) is 5.82 Å². The lowest BCUT2D eigenvalue weighted by atomic mass is 9.90. The van der Waals surface area contributed by atoms with Crippen LogP contribution in [0.15, 0.2) is 24.5 Å². The molecule has 6 rings (SSSR count). The normalized spacial score (nSPS) is 18.0. The lowest BCUT2D eigenvalue weighted by molar-refractivity contribution is -0.117. The first-order valence-corrected chi connectivity index (χ1v) is 12.5. The minimum absolute atomic E-state index is 0.0561. The number of aliphatic hydroxyl groups excluding tert-OH is 1. The summed E-state index contributed by atoms with van der Waals surface area (Å²) >= 11 is 0. The predicted octanol–water partition coefficient (Wildman–Crippen LogP) is 1.79. The fraction of sp³-hybridized carbons (Fsp3) is 0.423. The SMILES string of the molecule is CC1(C)Cc2cc3n(c2C1)CCN(c1nccc(-n2cc(C(N)=O)c(NC(=O)C4CC4)n2)c1CO)C3=O. The number of nitrogens with one attached hydrogen (secondary N) is 1. The van der Waals surface area contributed by atoms with Crippen LogP contribution in [0.4, 0.5) is 11.6 Å². The average Bonchev–Trinajstić information content (AvgIpc) is 3.45. The maximum Gasteiger partial charge on any atom is 0.276 e. The van der Waals surface area contributed by atoms with Gasteiger partial charge in [-0.2, -0.15) is 0 Å². The standard InChI is InChI=1S/C26H29N7O4/c1-26(2)10-15-9-19-25(37)32(8-7-31(19)20(15)11-26)23-17(13-34)18(5-6-28-23)33-12-16(21(27)35)22(30-33)29-24(36)14-3-4-14/h5-6,9,12,14,34H,3-4,7-8,10-11,13H2,1-2H3,(H2,27,35)(H,29,30,36). The summed E-state index contributed by atoms with van der Waals surface area (Å²) in [4.78, 5) is 44.0. The van der Waals surface area contributed by atoms with Crippen molar-refractivity contribution in [2.45, 2.75) is 52.7 Å². The van der Waals surface area contributed by atoms with E-state index in [0.717, 1.165) is 25.7 Å². The van der Waals surface area contributed by atoms with E-state index in [0.29, 0.717) is 35.9 Å². The first kappa shape index (κ1) is 23.4. The zero-order valence-corrected chi connectivity index (χ0v) is 20.8. The Morgan fingerprint density at radius 2 is 2.03 bits per heavy atom. The molecule has 11 heteroatoms. The quantitative estimate of drug-likeness (QED) is 0.467. The summed E-state index contributed by atoms with van der Waals surface area (Å²) in [6.45, 7) is 5.10. The van der Waals surface area contributed by atoms with Crippen LogP contribution in [-0.4, -0.2) is 48.7 Å². The number of aliphatic hydroxyl groups is 1. The van der Waals surface area contributed by atoms with Gasteiger partial charge in [-0.25, -0.2) is 9.67 Å². The smallest absolute Gasteiger partial charge is 0.276 e. The molecule has 4 heterocycles. The summed E-state index contributed by atoms with van der Waals surface area (Å²) in [5.41, 5.74) is 9.67. The van der Waals surface area contributed by atoms with Crippen LogP contribution in [0.2, 0.25) is 0 Å². The van der Waals surface area contributed by atoms with E-state index in [1.165, 1.54) is 28.3 Å².